The summed E-state index contributed by atoms with van der Waals surface area (Å²) in [7, 11) is 0. The molecule has 0 bridgehead atoms. The predicted octanol–water partition coefficient (Wildman–Crippen LogP) is 4.78. The van der Waals surface area contributed by atoms with E-state index in [0.29, 0.717) is 10.3 Å². The van der Waals surface area contributed by atoms with Crippen LogP contribution >= 0.6 is 15.9 Å². The van der Waals surface area contributed by atoms with Crippen LogP contribution in [0.4, 0.5) is 13.2 Å². The van der Waals surface area contributed by atoms with E-state index >= 15 is 0 Å². The fraction of sp³-hybridized carbons (Fsp3) is 0.0714. The number of pyridine rings is 1. The van der Waals surface area contributed by atoms with Gasteiger partial charge in [-0.3, -0.25) is 4.40 Å². The van der Waals surface area contributed by atoms with Gasteiger partial charge in [-0.15, -0.1) is 0 Å². The lowest BCUT2D eigenvalue weighted by atomic mass is 10.2. The first-order valence-electron chi connectivity index (χ1n) is 5.77. The van der Waals surface area contributed by atoms with Crippen molar-refractivity contribution in [3.05, 3.63) is 58.8 Å². The van der Waals surface area contributed by atoms with E-state index in [-0.39, 0.29) is 5.65 Å². The van der Waals surface area contributed by atoms with E-state index in [1.54, 1.807) is 4.40 Å². The molecule has 2 nitrogen and oxygen atoms in total. The number of fused-ring (bicyclic) bond motifs is 1. The number of halogens is 4. The molecular formula is C14H8BrF3N2. The lowest BCUT2D eigenvalue weighted by molar-refractivity contribution is -0.137. The molecule has 0 saturated heterocycles. The van der Waals surface area contributed by atoms with Crippen LogP contribution < -0.4 is 0 Å². The van der Waals surface area contributed by atoms with Crippen LogP contribution in [-0.4, -0.2) is 9.38 Å². The molecule has 2 heterocycles. The highest BCUT2D eigenvalue weighted by atomic mass is 79.9. The number of hydrogen-bond donors (Lipinski definition) is 0. The van der Waals surface area contributed by atoms with Gasteiger partial charge in [0.05, 0.1) is 5.56 Å². The molecule has 0 saturated carbocycles. The van der Waals surface area contributed by atoms with Crippen LogP contribution in [0.3, 0.4) is 0 Å². The van der Waals surface area contributed by atoms with Gasteiger partial charge < -0.3 is 0 Å². The Hall–Kier alpha value is -1.82. The van der Waals surface area contributed by atoms with E-state index in [2.05, 4.69) is 20.9 Å². The summed E-state index contributed by atoms with van der Waals surface area (Å²) in [6.45, 7) is 0. The number of nitrogens with zero attached hydrogens (tertiary/aromatic N) is 2. The van der Waals surface area contributed by atoms with Crippen LogP contribution in [0.5, 0.6) is 0 Å². The smallest absolute Gasteiger partial charge is 0.294 e. The first-order chi connectivity index (χ1) is 9.47. The molecule has 6 heteroatoms. The van der Waals surface area contributed by atoms with Gasteiger partial charge in [0, 0.05) is 11.8 Å². The van der Waals surface area contributed by atoms with Gasteiger partial charge in [0.1, 0.15) is 15.9 Å². The molecule has 0 atom stereocenters. The van der Waals surface area contributed by atoms with Crippen LogP contribution in [0.25, 0.3) is 16.9 Å². The zero-order chi connectivity index (χ0) is 14.3. The van der Waals surface area contributed by atoms with Gasteiger partial charge in [0.2, 0.25) is 0 Å². The first-order valence-corrected chi connectivity index (χ1v) is 6.56. The molecule has 0 unspecified atom stereocenters. The van der Waals surface area contributed by atoms with E-state index in [1.807, 2.05) is 30.3 Å². The monoisotopic (exact) mass is 340 g/mol. The minimum absolute atomic E-state index is 0.255. The molecule has 0 aliphatic rings. The van der Waals surface area contributed by atoms with Crippen molar-refractivity contribution in [2.24, 2.45) is 0 Å². The van der Waals surface area contributed by atoms with E-state index in [4.69, 9.17) is 0 Å². The van der Waals surface area contributed by atoms with Crippen molar-refractivity contribution in [1.82, 2.24) is 9.38 Å². The molecule has 3 rings (SSSR count). The summed E-state index contributed by atoms with van der Waals surface area (Å²) in [6.07, 6.45) is -3.01. The Morgan fingerprint density at radius 3 is 2.40 bits per heavy atom. The zero-order valence-electron chi connectivity index (χ0n) is 10.0. The molecule has 0 aliphatic carbocycles. The average Bonchev–Trinajstić information content (AvgIpc) is 2.76. The molecule has 0 spiro atoms. The second-order valence-corrected chi connectivity index (χ2v) is 5.01. The molecule has 0 aliphatic heterocycles. The number of imidazole rings is 1. The Morgan fingerprint density at radius 2 is 1.75 bits per heavy atom. The van der Waals surface area contributed by atoms with E-state index in [9.17, 15) is 13.2 Å². The van der Waals surface area contributed by atoms with Gasteiger partial charge in [-0.2, -0.15) is 13.2 Å². The van der Waals surface area contributed by atoms with Gasteiger partial charge in [-0.1, -0.05) is 30.3 Å². The maximum Gasteiger partial charge on any atom is 0.416 e. The van der Waals surface area contributed by atoms with Crippen molar-refractivity contribution in [3.8, 4) is 11.3 Å². The fourth-order valence-corrected chi connectivity index (χ4v) is 2.59. The summed E-state index contributed by atoms with van der Waals surface area (Å²) in [5, 5.41) is 0. The van der Waals surface area contributed by atoms with Gasteiger partial charge in [0.25, 0.3) is 0 Å². The van der Waals surface area contributed by atoms with E-state index < -0.39 is 11.7 Å². The Kier molecular flexibility index (Phi) is 3.05. The summed E-state index contributed by atoms with van der Waals surface area (Å²) >= 11 is 3.38. The second kappa shape index (κ2) is 4.63. The van der Waals surface area contributed by atoms with E-state index in [1.165, 1.54) is 6.20 Å². The number of hydrogen-bond acceptors (Lipinski definition) is 1. The summed E-state index contributed by atoms with van der Waals surface area (Å²) in [5.41, 5.74) is 1.01. The SMILES string of the molecule is FC(F)(F)c1ccn2c(Br)c(-c3ccccc3)nc2c1. The summed E-state index contributed by atoms with van der Waals surface area (Å²) < 4.78 is 40.3. The molecule has 0 radical (unpaired) electrons. The molecule has 102 valence electrons. The Bertz CT molecular complexity index is 763. The van der Waals surface area contributed by atoms with Crippen LogP contribution in [0.2, 0.25) is 0 Å². The highest BCUT2D eigenvalue weighted by molar-refractivity contribution is 9.10. The maximum atomic E-state index is 12.7. The van der Waals surface area contributed by atoms with Crippen molar-refractivity contribution in [1.29, 1.82) is 0 Å². The lowest BCUT2D eigenvalue weighted by Gasteiger charge is -2.06. The molecule has 1 aromatic carbocycles. The highest BCUT2D eigenvalue weighted by Gasteiger charge is 2.31. The zero-order valence-corrected chi connectivity index (χ0v) is 11.6. The largest absolute Gasteiger partial charge is 0.416 e. The van der Waals surface area contributed by atoms with Crippen LogP contribution in [-0.2, 0) is 6.18 Å². The van der Waals surface area contributed by atoms with Gasteiger partial charge >= 0.3 is 6.18 Å². The molecule has 3 aromatic rings. The Labute approximate surface area is 121 Å². The quantitative estimate of drug-likeness (QED) is 0.623. The third-order valence-corrected chi connectivity index (χ3v) is 3.70. The van der Waals surface area contributed by atoms with Crippen molar-refractivity contribution < 1.29 is 13.2 Å². The van der Waals surface area contributed by atoms with Crippen molar-refractivity contribution in [3.63, 3.8) is 0 Å². The van der Waals surface area contributed by atoms with Crippen LogP contribution in [0.1, 0.15) is 5.56 Å². The molecule has 2 aromatic heterocycles. The molecule has 0 fully saturated rings. The number of rotatable bonds is 1. The summed E-state index contributed by atoms with van der Waals surface area (Å²) in [5.74, 6) is 0. The maximum absolute atomic E-state index is 12.7. The highest BCUT2D eigenvalue weighted by Crippen LogP contribution is 2.33. The van der Waals surface area contributed by atoms with Crippen molar-refractivity contribution in [2.75, 3.05) is 0 Å². The Balaban J connectivity index is 2.20. The van der Waals surface area contributed by atoms with Gasteiger partial charge in [0.15, 0.2) is 0 Å². The van der Waals surface area contributed by atoms with Gasteiger partial charge in [-0.25, -0.2) is 4.98 Å². The Morgan fingerprint density at radius 1 is 1.05 bits per heavy atom. The fourth-order valence-electron chi connectivity index (χ4n) is 1.97. The normalized spacial score (nSPS) is 12.0. The third kappa shape index (κ3) is 2.20. The molecular weight excluding hydrogens is 333 g/mol. The predicted molar refractivity (Wildman–Crippen MR) is 73.3 cm³/mol. The lowest BCUT2D eigenvalue weighted by Crippen LogP contribution is -2.05. The third-order valence-electron chi connectivity index (χ3n) is 2.94. The van der Waals surface area contributed by atoms with E-state index in [0.717, 1.165) is 17.7 Å². The topological polar surface area (TPSA) is 17.3 Å². The minimum atomic E-state index is -4.37. The number of benzene rings is 1. The molecule has 20 heavy (non-hydrogen) atoms. The van der Waals surface area contributed by atoms with Crippen LogP contribution in [0, 0.1) is 0 Å². The number of aromatic nitrogens is 2. The summed E-state index contributed by atoms with van der Waals surface area (Å²) in [4.78, 5) is 4.27. The molecule has 0 amide bonds. The minimum Gasteiger partial charge on any atom is -0.294 e. The van der Waals surface area contributed by atoms with Crippen LogP contribution in [0.15, 0.2) is 53.3 Å². The van der Waals surface area contributed by atoms with Crippen molar-refractivity contribution in [2.45, 2.75) is 6.18 Å². The standard InChI is InChI=1S/C14H8BrF3N2/c15-13-12(9-4-2-1-3-5-9)19-11-8-10(14(16,17)18)6-7-20(11)13/h1-8H. The average molecular weight is 341 g/mol. The second-order valence-electron chi connectivity index (χ2n) is 4.26. The first kappa shape index (κ1) is 13.2. The van der Waals surface area contributed by atoms with Crippen molar-refractivity contribution >= 4 is 21.6 Å². The summed E-state index contributed by atoms with van der Waals surface area (Å²) in [6, 6.07) is 11.4. The number of alkyl halides is 3. The molecule has 0 N–H and O–H groups in total. The van der Waals surface area contributed by atoms with Gasteiger partial charge in [-0.05, 0) is 28.1 Å².